The van der Waals surface area contributed by atoms with Crippen molar-refractivity contribution >= 4 is 22.4 Å². The number of aromatic nitrogens is 1. The number of carbonyl (C=O) groups excluding carboxylic acids is 1. The molecule has 0 spiro atoms. The molecule has 0 aliphatic carbocycles. The Bertz CT molecular complexity index is 885. The van der Waals surface area contributed by atoms with Crippen molar-refractivity contribution in [2.75, 3.05) is 4.90 Å². The standard InChI is InChI=1S/C16H11F6N3O2S/c1-9(26)25(8-11-4-2-10(6-23)3-5-11)13-24-7-12(28-13)14(27,15(17,18)19)16(20,21)22/h2-5,7,27H,8H2,1H3. The monoisotopic (exact) mass is 423 g/mol. The molecule has 0 aliphatic heterocycles. The van der Waals surface area contributed by atoms with Gasteiger partial charge in [0, 0.05) is 13.1 Å². The lowest BCUT2D eigenvalue weighted by Gasteiger charge is -2.30. The van der Waals surface area contributed by atoms with Crippen LogP contribution in [0, 0.1) is 11.3 Å². The molecule has 0 saturated carbocycles. The molecule has 1 aromatic heterocycles. The summed E-state index contributed by atoms with van der Waals surface area (Å²) in [7, 11) is 0. The number of halogens is 6. The van der Waals surface area contributed by atoms with Gasteiger partial charge in [-0.1, -0.05) is 23.5 Å². The predicted molar refractivity (Wildman–Crippen MR) is 86.1 cm³/mol. The predicted octanol–water partition coefficient (Wildman–Crippen LogP) is 3.88. The summed E-state index contributed by atoms with van der Waals surface area (Å²) in [6.07, 6.45) is -11.8. The van der Waals surface area contributed by atoms with Crippen LogP contribution in [0.25, 0.3) is 0 Å². The minimum atomic E-state index is -6.04. The van der Waals surface area contributed by atoms with Gasteiger partial charge in [-0.15, -0.1) is 0 Å². The van der Waals surface area contributed by atoms with E-state index in [2.05, 4.69) is 4.98 Å². The summed E-state index contributed by atoms with van der Waals surface area (Å²) in [4.78, 5) is 14.7. The van der Waals surface area contributed by atoms with Crippen LogP contribution in [0.3, 0.4) is 0 Å². The maximum Gasteiger partial charge on any atom is 0.431 e. The van der Waals surface area contributed by atoms with Gasteiger partial charge in [0.25, 0.3) is 5.60 Å². The molecule has 28 heavy (non-hydrogen) atoms. The molecule has 1 heterocycles. The summed E-state index contributed by atoms with van der Waals surface area (Å²) in [5, 5.41) is 17.7. The maximum atomic E-state index is 13.0. The quantitative estimate of drug-likeness (QED) is 0.758. The molecule has 150 valence electrons. The van der Waals surface area contributed by atoms with E-state index in [1.54, 1.807) is 0 Å². The minimum absolute atomic E-state index is 0.0915. The van der Waals surface area contributed by atoms with Crippen molar-refractivity contribution in [1.82, 2.24) is 4.98 Å². The number of amides is 1. The van der Waals surface area contributed by atoms with E-state index in [0.29, 0.717) is 11.1 Å². The Morgan fingerprint density at radius 2 is 1.71 bits per heavy atom. The molecule has 0 bridgehead atoms. The molecular formula is C16H11F6N3O2S. The van der Waals surface area contributed by atoms with Gasteiger partial charge in [0.1, 0.15) is 0 Å². The Kier molecular flexibility index (Phi) is 5.72. The molecule has 2 rings (SSSR count). The van der Waals surface area contributed by atoms with E-state index in [-0.39, 0.29) is 24.1 Å². The lowest BCUT2D eigenvalue weighted by Crippen LogP contribution is -2.53. The molecule has 1 N–H and O–H groups in total. The Labute approximate surface area is 158 Å². The second-order valence-electron chi connectivity index (χ2n) is 5.63. The lowest BCUT2D eigenvalue weighted by atomic mass is 10.0. The Morgan fingerprint density at radius 3 is 2.14 bits per heavy atom. The lowest BCUT2D eigenvalue weighted by molar-refractivity contribution is -0.375. The number of rotatable bonds is 4. The number of nitrogens with zero attached hydrogens (tertiary/aromatic N) is 3. The van der Waals surface area contributed by atoms with E-state index >= 15 is 0 Å². The van der Waals surface area contributed by atoms with Crippen LogP contribution in [0.5, 0.6) is 0 Å². The Balaban J connectivity index is 2.42. The van der Waals surface area contributed by atoms with Crippen molar-refractivity contribution in [3.05, 3.63) is 46.5 Å². The third-order valence-electron chi connectivity index (χ3n) is 3.71. The van der Waals surface area contributed by atoms with E-state index in [1.165, 1.54) is 24.3 Å². The van der Waals surface area contributed by atoms with Crippen LogP contribution in [0.2, 0.25) is 0 Å². The van der Waals surface area contributed by atoms with Gasteiger partial charge in [-0.25, -0.2) is 4.98 Å². The first-order chi connectivity index (χ1) is 12.8. The van der Waals surface area contributed by atoms with Crippen LogP contribution < -0.4 is 4.90 Å². The normalized spacial score (nSPS) is 12.5. The number of benzene rings is 1. The Hall–Kier alpha value is -2.65. The van der Waals surface area contributed by atoms with Crippen molar-refractivity contribution in [3.8, 4) is 6.07 Å². The van der Waals surface area contributed by atoms with Crippen LogP contribution in [0.4, 0.5) is 31.5 Å². The van der Waals surface area contributed by atoms with Crippen LogP contribution in [-0.4, -0.2) is 28.4 Å². The van der Waals surface area contributed by atoms with E-state index in [9.17, 15) is 36.2 Å². The van der Waals surface area contributed by atoms with Gasteiger partial charge < -0.3 is 5.11 Å². The minimum Gasteiger partial charge on any atom is -0.369 e. The average molecular weight is 423 g/mol. The number of hydrogen-bond acceptors (Lipinski definition) is 5. The highest BCUT2D eigenvalue weighted by molar-refractivity contribution is 7.15. The number of carbonyl (C=O) groups is 1. The molecule has 12 heteroatoms. The average Bonchev–Trinajstić information content (AvgIpc) is 3.07. The molecule has 0 atom stereocenters. The van der Waals surface area contributed by atoms with Crippen molar-refractivity contribution in [3.63, 3.8) is 0 Å². The zero-order chi connectivity index (χ0) is 21.3. The number of hydrogen-bond donors (Lipinski definition) is 1. The third kappa shape index (κ3) is 3.95. The fourth-order valence-electron chi connectivity index (χ4n) is 2.18. The zero-order valence-electron chi connectivity index (χ0n) is 14.0. The third-order valence-corrected chi connectivity index (χ3v) is 4.83. The van der Waals surface area contributed by atoms with Crippen LogP contribution >= 0.6 is 11.3 Å². The molecule has 0 aliphatic rings. The van der Waals surface area contributed by atoms with Gasteiger partial charge in [0.15, 0.2) is 5.13 Å². The van der Waals surface area contributed by atoms with E-state index in [0.717, 1.165) is 11.8 Å². The van der Waals surface area contributed by atoms with Gasteiger partial charge in [-0.2, -0.15) is 31.6 Å². The van der Waals surface area contributed by atoms with Crippen molar-refractivity contribution in [2.24, 2.45) is 0 Å². The molecule has 5 nitrogen and oxygen atoms in total. The number of thiazole rings is 1. The summed E-state index contributed by atoms with van der Waals surface area (Å²) >= 11 is -0.0915. The topological polar surface area (TPSA) is 77.2 Å². The highest BCUT2D eigenvalue weighted by atomic mass is 32.1. The summed E-state index contributed by atoms with van der Waals surface area (Å²) in [5.41, 5.74) is -4.31. The van der Waals surface area contributed by atoms with Crippen molar-refractivity contribution in [2.45, 2.75) is 31.4 Å². The molecule has 0 unspecified atom stereocenters. The van der Waals surface area contributed by atoms with Crippen molar-refractivity contribution < 1.29 is 36.2 Å². The first-order valence-electron chi connectivity index (χ1n) is 7.40. The number of nitriles is 1. The van der Waals surface area contributed by atoms with Gasteiger partial charge >= 0.3 is 12.4 Å². The second-order valence-corrected chi connectivity index (χ2v) is 6.64. The van der Waals surface area contributed by atoms with E-state index in [1.807, 2.05) is 6.07 Å². The first kappa shape index (κ1) is 21.6. The molecule has 0 radical (unpaired) electrons. The highest BCUT2D eigenvalue weighted by Crippen LogP contribution is 2.52. The summed E-state index contributed by atoms with van der Waals surface area (Å²) in [6.45, 7) is 0.856. The zero-order valence-corrected chi connectivity index (χ0v) is 14.8. The van der Waals surface area contributed by atoms with Crippen molar-refractivity contribution in [1.29, 1.82) is 5.26 Å². The second kappa shape index (κ2) is 7.40. The summed E-state index contributed by atoms with van der Waals surface area (Å²) in [6, 6.07) is 7.71. The van der Waals surface area contributed by atoms with Gasteiger partial charge in [0.05, 0.1) is 23.1 Å². The van der Waals surface area contributed by atoms with E-state index < -0.39 is 33.9 Å². The van der Waals surface area contributed by atoms with Gasteiger partial charge in [-0.05, 0) is 17.7 Å². The SMILES string of the molecule is CC(=O)N(Cc1ccc(C#N)cc1)c1ncc(C(O)(C(F)(F)F)C(F)(F)F)s1. The molecule has 0 saturated heterocycles. The number of aliphatic hydroxyl groups is 1. The smallest absolute Gasteiger partial charge is 0.369 e. The highest BCUT2D eigenvalue weighted by Gasteiger charge is 2.72. The fraction of sp³-hybridized carbons (Fsp3) is 0.312. The molecule has 0 fully saturated rings. The number of anilines is 1. The molecular weight excluding hydrogens is 412 g/mol. The van der Waals surface area contributed by atoms with E-state index in [4.69, 9.17) is 5.26 Å². The number of alkyl halides is 6. The fourth-order valence-corrected chi connectivity index (χ4v) is 3.27. The summed E-state index contributed by atoms with van der Waals surface area (Å²) < 4.78 is 77.9. The largest absolute Gasteiger partial charge is 0.431 e. The molecule has 2 aromatic rings. The molecule has 1 aromatic carbocycles. The first-order valence-corrected chi connectivity index (χ1v) is 8.22. The molecule has 1 amide bonds. The summed E-state index contributed by atoms with van der Waals surface area (Å²) in [5.74, 6) is -0.687. The van der Waals surface area contributed by atoms with Crippen LogP contribution in [0.1, 0.15) is 22.9 Å². The van der Waals surface area contributed by atoms with Crippen LogP contribution in [-0.2, 0) is 16.9 Å². The maximum absolute atomic E-state index is 13.0. The Morgan fingerprint density at radius 1 is 1.18 bits per heavy atom. The van der Waals surface area contributed by atoms with Gasteiger partial charge in [0.2, 0.25) is 5.91 Å². The van der Waals surface area contributed by atoms with Gasteiger partial charge in [-0.3, -0.25) is 9.69 Å². The van der Waals surface area contributed by atoms with Crippen LogP contribution in [0.15, 0.2) is 30.5 Å².